The van der Waals surface area contributed by atoms with Gasteiger partial charge in [-0.2, -0.15) is 11.3 Å². The zero-order chi connectivity index (χ0) is 20.2. The Labute approximate surface area is 175 Å². The Bertz CT molecular complexity index is 1170. The molecule has 0 saturated heterocycles. The summed E-state index contributed by atoms with van der Waals surface area (Å²) >= 11 is 1.71. The number of rotatable bonds is 2. The quantitative estimate of drug-likeness (QED) is 0.464. The highest BCUT2D eigenvalue weighted by Crippen LogP contribution is 2.48. The van der Waals surface area contributed by atoms with Crippen LogP contribution in [0.3, 0.4) is 0 Å². The third kappa shape index (κ3) is 2.95. The van der Waals surface area contributed by atoms with Gasteiger partial charge in [0.15, 0.2) is 0 Å². The second-order valence-electron chi connectivity index (χ2n) is 8.49. The standard InChI is InChI=1S/C25H23N3S/c1-16-9-11-18(12-10-16)26-23-21(17-13-14-29-15-17)22-19-7-5-6-8-20(19)27-24(22)28(23)25(2,3)4/h5-15H,1-4H3. The van der Waals surface area contributed by atoms with Crippen LogP contribution in [-0.4, -0.2) is 22.1 Å². The van der Waals surface area contributed by atoms with Crippen molar-refractivity contribution in [1.29, 1.82) is 0 Å². The van der Waals surface area contributed by atoms with E-state index in [0.717, 1.165) is 23.0 Å². The van der Waals surface area contributed by atoms with Crippen LogP contribution in [0.1, 0.15) is 37.5 Å². The van der Waals surface area contributed by atoms with Crippen LogP contribution in [0.15, 0.2) is 75.3 Å². The van der Waals surface area contributed by atoms with E-state index >= 15 is 0 Å². The summed E-state index contributed by atoms with van der Waals surface area (Å²) in [6, 6.07) is 19.0. The maximum absolute atomic E-state index is 5.15. The van der Waals surface area contributed by atoms with Crippen LogP contribution in [-0.2, 0) is 0 Å². The van der Waals surface area contributed by atoms with E-state index in [9.17, 15) is 0 Å². The third-order valence-corrected chi connectivity index (χ3v) is 5.95. The normalized spacial score (nSPS) is 17.0. The van der Waals surface area contributed by atoms with Gasteiger partial charge >= 0.3 is 0 Å². The van der Waals surface area contributed by atoms with Crippen molar-refractivity contribution in [3.8, 4) is 0 Å². The van der Waals surface area contributed by atoms with Crippen LogP contribution in [0.5, 0.6) is 0 Å². The van der Waals surface area contributed by atoms with E-state index in [0.29, 0.717) is 0 Å². The van der Waals surface area contributed by atoms with Gasteiger partial charge in [-0.1, -0.05) is 35.9 Å². The van der Waals surface area contributed by atoms with Crippen molar-refractivity contribution in [3.05, 3.63) is 82.0 Å². The molecule has 2 aliphatic rings. The molecule has 0 unspecified atom stereocenters. The van der Waals surface area contributed by atoms with Crippen LogP contribution in [0.2, 0.25) is 0 Å². The van der Waals surface area contributed by atoms with Crippen LogP contribution in [0.4, 0.5) is 11.4 Å². The Hall–Kier alpha value is -2.98. The predicted molar refractivity (Wildman–Crippen MR) is 125 cm³/mol. The van der Waals surface area contributed by atoms with Crippen LogP contribution < -0.4 is 0 Å². The first-order chi connectivity index (χ1) is 13.9. The highest BCUT2D eigenvalue weighted by atomic mass is 32.1. The Morgan fingerprint density at radius 1 is 0.931 bits per heavy atom. The molecule has 3 aromatic rings. The Kier molecular flexibility index (Phi) is 4.07. The minimum atomic E-state index is -0.159. The number of aliphatic imine (C=N–C) groups is 2. The number of hydrogen-bond donors (Lipinski definition) is 0. The maximum atomic E-state index is 5.15. The summed E-state index contributed by atoms with van der Waals surface area (Å²) in [5.41, 5.74) is 7.83. The molecule has 29 heavy (non-hydrogen) atoms. The van der Waals surface area contributed by atoms with E-state index in [2.05, 4.69) is 98.0 Å². The lowest BCUT2D eigenvalue weighted by atomic mass is 9.98. The summed E-state index contributed by atoms with van der Waals surface area (Å²) in [6.45, 7) is 8.76. The maximum Gasteiger partial charge on any atom is 0.144 e. The van der Waals surface area contributed by atoms with Gasteiger partial charge < -0.3 is 4.90 Å². The van der Waals surface area contributed by atoms with Crippen molar-refractivity contribution in [3.63, 3.8) is 0 Å². The molecule has 0 radical (unpaired) electrons. The molecule has 1 aromatic heterocycles. The minimum Gasteiger partial charge on any atom is -0.305 e. The molecule has 144 valence electrons. The summed E-state index contributed by atoms with van der Waals surface area (Å²) < 4.78 is 0. The topological polar surface area (TPSA) is 28.0 Å². The summed E-state index contributed by atoms with van der Waals surface area (Å²) in [5, 5.41) is 4.33. The predicted octanol–water partition coefficient (Wildman–Crippen LogP) is 6.86. The molecule has 0 aliphatic carbocycles. The molecule has 2 aromatic carbocycles. The molecule has 5 rings (SSSR count). The number of amidine groups is 2. The fourth-order valence-electron chi connectivity index (χ4n) is 3.97. The lowest BCUT2D eigenvalue weighted by Crippen LogP contribution is -2.46. The third-order valence-electron chi connectivity index (χ3n) is 5.27. The van der Waals surface area contributed by atoms with E-state index in [1.165, 1.54) is 27.8 Å². The van der Waals surface area contributed by atoms with E-state index in [-0.39, 0.29) is 5.54 Å². The summed E-state index contributed by atoms with van der Waals surface area (Å²) in [6.07, 6.45) is 0. The molecule has 0 atom stereocenters. The summed E-state index contributed by atoms with van der Waals surface area (Å²) in [4.78, 5) is 12.5. The lowest BCUT2D eigenvalue weighted by molar-refractivity contribution is 0.350. The van der Waals surface area contributed by atoms with Crippen molar-refractivity contribution in [2.24, 2.45) is 9.98 Å². The molecule has 2 aliphatic heterocycles. The monoisotopic (exact) mass is 397 g/mol. The summed E-state index contributed by atoms with van der Waals surface area (Å²) in [7, 11) is 0. The molecule has 0 fully saturated rings. The van der Waals surface area contributed by atoms with Gasteiger partial charge in [-0.25, -0.2) is 9.98 Å². The largest absolute Gasteiger partial charge is 0.305 e. The number of aryl methyl sites for hydroxylation is 1. The van der Waals surface area contributed by atoms with E-state index in [1.54, 1.807) is 11.3 Å². The first-order valence-electron chi connectivity index (χ1n) is 9.85. The van der Waals surface area contributed by atoms with Gasteiger partial charge in [0.2, 0.25) is 0 Å². The molecule has 3 heterocycles. The Morgan fingerprint density at radius 3 is 2.38 bits per heavy atom. The van der Waals surface area contributed by atoms with Crippen molar-refractivity contribution >= 4 is 45.5 Å². The van der Waals surface area contributed by atoms with Gasteiger partial charge in [0, 0.05) is 22.2 Å². The fourth-order valence-corrected chi connectivity index (χ4v) is 4.62. The van der Waals surface area contributed by atoms with Crippen molar-refractivity contribution < 1.29 is 0 Å². The highest BCUT2D eigenvalue weighted by molar-refractivity contribution is 7.08. The first-order valence-corrected chi connectivity index (χ1v) is 10.8. The highest BCUT2D eigenvalue weighted by Gasteiger charge is 2.44. The average Bonchev–Trinajstić information content (AvgIpc) is 3.37. The number of para-hydroxylation sites is 1. The molecule has 0 N–H and O–H groups in total. The van der Waals surface area contributed by atoms with Crippen LogP contribution >= 0.6 is 11.3 Å². The number of fused-ring (bicyclic) bond motifs is 3. The van der Waals surface area contributed by atoms with E-state index in [4.69, 9.17) is 9.98 Å². The molecular formula is C25H23N3S. The fraction of sp³-hybridized carbons (Fsp3) is 0.200. The molecular weight excluding hydrogens is 374 g/mol. The van der Waals surface area contributed by atoms with Crippen LogP contribution in [0.25, 0.3) is 11.1 Å². The number of nitrogens with zero attached hydrogens (tertiary/aromatic N) is 3. The molecule has 4 heteroatoms. The Morgan fingerprint density at radius 2 is 1.69 bits per heavy atom. The zero-order valence-electron chi connectivity index (χ0n) is 17.1. The van der Waals surface area contributed by atoms with Gasteiger partial charge in [-0.15, -0.1) is 0 Å². The zero-order valence-corrected chi connectivity index (χ0v) is 17.9. The Balaban J connectivity index is 1.81. The minimum absolute atomic E-state index is 0.159. The van der Waals surface area contributed by atoms with Gasteiger partial charge in [0.25, 0.3) is 0 Å². The van der Waals surface area contributed by atoms with Gasteiger partial charge in [-0.3, -0.25) is 0 Å². The van der Waals surface area contributed by atoms with E-state index < -0.39 is 0 Å². The molecule has 0 spiro atoms. The average molecular weight is 398 g/mol. The SMILES string of the molecule is Cc1ccc(N=C2C(c3ccsc3)=C3C(=Nc4ccccc43)N2C(C)(C)C)cc1. The molecule has 0 bridgehead atoms. The molecule has 3 nitrogen and oxygen atoms in total. The molecule has 0 saturated carbocycles. The van der Waals surface area contributed by atoms with Crippen molar-refractivity contribution in [1.82, 2.24) is 4.90 Å². The second kappa shape index (κ2) is 6.53. The lowest BCUT2D eigenvalue weighted by Gasteiger charge is -2.34. The summed E-state index contributed by atoms with van der Waals surface area (Å²) in [5.74, 6) is 1.98. The second-order valence-corrected chi connectivity index (χ2v) is 9.27. The van der Waals surface area contributed by atoms with Crippen LogP contribution in [0, 0.1) is 6.92 Å². The number of thiophene rings is 1. The van der Waals surface area contributed by atoms with Crippen molar-refractivity contribution in [2.75, 3.05) is 0 Å². The first kappa shape index (κ1) is 18.1. The number of hydrogen-bond acceptors (Lipinski definition) is 3. The smallest absolute Gasteiger partial charge is 0.144 e. The van der Waals surface area contributed by atoms with E-state index in [1.807, 2.05) is 0 Å². The molecule has 0 amide bonds. The van der Waals surface area contributed by atoms with Gasteiger partial charge in [0.05, 0.1) is 11.4 Å². The number of benzene rings is 2. The van der Waals surface area contributed by atoms with Gasteiger partial charge in [0.1, 0.15) is 11.7 Å². The van der Waals surface area contributed by atoms with Crippen molar-refractivity contribution in [2.45, 2.75) is 33.2 Å². The van der Waals surface area contributed by atoms with Gasteiger partial charge in [-0.05, 0) is 68.3 Å².